The van der Waals surface area contributed by atoms with Crippen molar-refractivity contribution in [2.75, 3.05) is 6.54 Å². The first-order valence-corrected chi connectivity index (χ1v) is 14.6. The van der Waals surface area contributed by atoms with Crippen LogP contribution in [0.1, 0.15) is 87.4 Å². The molecule has 41 heavy (non-hydrogen) atoms. The van der Waals surface area contributed by atoms with Gasteiger partial charge in [-0.1, -0.05) is 57.4 Å². The summed E-state index contributed by atoms with van der Waals surface area (Å²) >= 11 is 0. The third kappa shape index (κ3) is 9.12. The predicted molar refractivity (Wildman–Crippen MR) is 155 cm³/mol. The minimum atomic E-state index is -1.05. The summed E-state index contributed by atoms with van der Waals surface area (Å²) in [7, 11) is 0. The van der Waals surface area contributed by atoms with Crippen molar-refractivity contribution >= 4 is 5.97 Å². The molecule has 0 amide bonds. The molecular formula is C34H42FN2NaO3. The number of aryl methyl sites for hydroxylation is 2. The summed E-state index contributed by atoms with van der Waals surface area (Å²) in [5.41, 5.74) is 6.43. The predicted octanol–water partition coefficient (Wildman–Crippen LogP) is 3.60. The first-order valence-electron chi connectivity index (χ1n) is 14.6. The number of nitrogens with zero attached hydrogens (tertiary/aromatic N) is 2. The molecule has 0 saturated heterocycles. The van der Waals surface area contributed by atoms with Crippen LogP contribution < -0.4 is 39.4 Å². The van der Waals surface area contributed by atoms with Crippen LogP contribution in [-0.2, 0) is 24.2 Å². The van der Waals surface area contributed by atoms with Crippen LogP contribution in [0.4, 0.5) is 4.39 Å². The average molecular weight is 569 g/mol. The zero-order chi connectivity index (χ0) is 28.8. The first kappa shape index (κ1) is 33.3. The number of pyridine rings is 1. The molecular weight excluding hydrogens is 526 g/mol. The topological polar surface area (TPSA) is 65.5 Å². The molecule has 2 heterocycles. The Bertz CT molecular complexity index is 1320. The number of fused-ring (bicyclic) bond motifs is 1. The minimum Gasteiger partial charge on any atom is -0.550 e. The fourth-order valence-electron chi connectivity index (χ4n) is 5.06. The van der Waals surface area contributed by atoms with Gasteiger partial charge < -0.3 is 14.6 Å². The van der Waals surface area contributed by atoms with E-state index < -0.39 is 11.9 Å². The van der Waals surface area contributed by atoms with E-state index in [0.717, 1.165) is 65.2 Å². The van der Waals surface area contributed by atoms with Crippen molar-refractivity contribution in [2.45, 2.75) is 91.8 Å². The van der Waals surface area contributed by atoms with Gasteiger partial charge in [-0.25, -0.2) is 4.39 Å². The van der Waals surface area contributed by atoms with Crippen molar-refractivity contribution in [3.05, 3.63) is 82.4 Å². The number of hydrogen-bond acceptors (Lipinski definition) is 5. The van der Waals surface area contributed by atoms with Gasteiger partial charge in [0.05, 0.1) is 6.20 Å². The maximum Gasteiger partial charge on any atom is 1.00 e. The van der Waals surface area contributed by atoms with Crippen LogP contribution >= 0.6 is 0 Å². The molecule has 0 bridgehead atoms. The summed E-state index contributed by atoms with van der Waals surface area (Å²) in [6, 6.07) is 14.3. The van der Waals surface area contributed by atoms with Crippen molar-refractivity contribution in [3.63, 3.8) is 0 Å². The van der Waals surface area contributed by atoms with E-state index in [4.69, 9.17) is 4.74 Å². The Morgan fingerprint density at radius 1 is 1.12 bits per heavy atom. The standard InChI is InChI=1S/C31H37FN2O3.C3H6.Na/c1-6-34(19(2)3)18-25-16-24(27-14-21(5)33-17-28(27)32)9-11-26(25)29-12-10-23-8-7-22(15-30(23)37-29)13-20(4)31(35)36;1-2-3-1;/h7-9,11,14-17,19-20,29H,6,10,12-13,18H2,1-5H3,(H,35,36);1-3H2;/q;;+1/p-1. The maximum absolute atomic E-state index is 14.7. The van der Waals surface area contributed by atoms with Crippen molar-refractivity contribution in [2.24, 2.45) is 5.92 Å². The molecule has 0 N–H and O–H groups in total. The van der Waals surface area contributed by atoms with E-state index in [1.165, 1.54) is 25.5 Å². The number of aromatic nitrogens is 1. The average Bonchev–Trinajstić information content (AvgIpc) is 3.82. The number of halogens is 1. The van der Waals surface area contributed by atoms with Crippen LogP contribution in [0, 0.1) is 18.7 Å². The van der Waals surface area contributed by atoms with Gasteiger partial charge in [-0.05, 0) is 98.5 Å². The molecule has 2 unspecified atom stereocenters. The Hall–Kier alpha value is -2.25. The van der Waals surface area contributed by atoms with E-state index in [1.54, 1.807) is 13.0 Å². The van der Waals surface area contributed by atoms with Gasteiger partial charge in [0.15, 0.2) is 0 Å². The molecule has 3 aromatic rings. The fraction of sp³-hybridized carbons (Fsp3) is 0.471. The summed E-state index contributed by atoms with van der Waals surface area (Å²) in [5.74, 6) is -1.14. The normalized spacial score (nSPS) is 16.1. The summed E-state index contributed by atoms with van der Waals surface area (Å²) in [4.78, 5) is 17.7. The molecule has 7 heteroatoms. The van der Waals surface area contributed by atoms with Crippen LogP contribution in [-0.4, -0.2) is 28.4 Å². The van der Waals surface area contributed by atoms with Gasteiger partial charge >= 0.3 is 29.6 Å². The molecule has 2 atom stereocenters. The van der Waals surface area contributed by atoms with Gasteiger partial charge in [-0.15, -0.1) is 0 Å². The van der Waals surface area contributed by atoms with Gasteiger partial charge in [-0.3, -0.25) is 9.88 Å². The largest absolute Gasteiger partial charge is 1.00 e. The molecule has 0 spiro atoms. The number of benzene rings is 2. The van der Waals surface area contributed by atoms with Gasteiger partial charge in [0, 0.05) is 29.8 Å². The number of carbonyl (C=O) groups excluding carboxylic acids is 1. The van der Waals surface area contributed by atoms with Crippen LogP contribution in [0.5, 0.6) is 5.75 Å². The molecule has 5 nitrogen and oxygen atoms in total. The second-order valence-electron chi connectivity index (χ2n) is 11.4. The van der Waals surface area contributed by atoms with Crippen molar-refractivity contribution < 1.29 is 48.6 Å². The zero-order valence-electron chi connectivity index (χ0n) is 25.5. The summed E-state index contributed by atoms with van der Waals surface area (Å²) < 4.78 is 21.2. The Balaban J connectivity index is 0.00000108. The number of aliphatic carboxylic acids is 1. The van der Waals surface area contributed by atoms with E-state index in [0.29, 0.717) is 18.0 Å². The maximum atomic E-state index is 14.7. The van der Waals surface area contributed by atoms with E-state index in [2.05, 4.69) is 42.8 Å². The number of ether oxygens (including phenoxy) is 1. The number of carbonyl (C=O) groups is 1. The summed E-state index contributed by atoms with van der Waals surface area (Å²) in [6.07, 6.45) is 7.76. The van der Waals surface area contributed by atoms with Crippen LogP contribution in [0.25, 0.3) is 11.1 Å². The molecule has 2 aliphatic rings. The SMILES string of the molecule is C1CC1.CCN(Cc1cc(-c2cc(C)ncc2F)ccc1C1CCc2ccc(CC(C)C(=O)[O-])cc2O1)C(C)C.[Na+]. The molecule has 1 fully saturated rings. The van der Waals surface area contributed by atoms with Crippen molar-refractivity contribution in [3.8, 4) is 16.9 Å². The summed E-state index contributed by atoms with van der Waals surface area (Å²) in [5, 5.41) is 11.2. The molecule has 214 valence electrons. The Morgan fingerprint density at radius 3 is 2.49 bits per heavy atom. The third-order valence-electron chi connectivity index (χ3n) is 7.68. The second-order valence-corrected chi connectivity index (χ2v) is 11.4. The minimum absolute atomic E-state index is 0. The molecule has 1 aliphatic carbocycles. The Morgan fingerprint density at radius 2 is 1.85 bits per heavy atom. The molecule has 5 rings (SSSR count). The monoisotopic (exact) mass is 568 g/mol. The molecule has 1 saturated carbocycles. The Kier molecular flexibility index (Phi) is 12.4. The smallest absolute Gasteiger partial charge is 0.550 e. The van der Waals surface area contributed by atoms with Gasteiger partial charge in [0.25, 0.3) is 0 Å². The summed E-state index contributed by atoms with van der Waals surface area (Å²) in [6.45, 7) is 11.7. The molecule has 2 aromatic carbocycles. The first-order chi connectivity index (χ1) is 19.2. The third-order valence-corrected chi connectivity index (χ3v) is 7.68. The number of carboxylic acid groups (broad SMARTS) is 1. The van der Waals surface area contributed by atoms with Gasteiger partial charge in [0.1, 0.15) is 17.7 Å². The number of rotatable bonds is 9. The van der Waals surface area contributed by atoms with E-state index in [9.17, 15) is 14.3 Å². The number of carboxylic acids is 1. The van der Waals surface area contributed by atoms with Crippen LogP contribution in [0.15, 0.2) is 48.7 Å². The second kappa shape index (κ2) is 15.3. The quantitative estimate of drug-likeness (QED) is 0.369. The van der Waals surface area contributed by atoms with Crippen molar-refractivity contribution in [1.29, 1.82) is 0 Å². The fourth-order valence-corrected chi connectivity index (χ4v) is 5.06. The van der Waals surface area contributed by atoms with E-state index >= 15 is 0 Å². The number of hydrogen-bond donors (Lipinski definition) is 0. The van der Waals surface area contributed by atoms with Gasteiger partial charge in [0.2, 0.25) is 0 Å². The zero-order valence-corrected chi connectivity index (χ0v) is 27.5. The molecule has 1 aliphatic heterocycles. The Labute approximate surface area is 266 Å². The van der Waals surface area contributed by atoms with Crippen molar-refractivity contribution in [1.82, 2.24) is 9.88 Å². The van der Waals surface area contributed by atoms with Gasteiger partial charge in [-0.2, -0.15) is 0 Å². The van der Waals surface area contributed by atoms with Crippen LogP contribution in [0.3, 0.4) is 0 Å². The van der Waals surface area contributed by atoms with E-state index in [1.807, 2.05) is 31.2 Å². The molecule has 0 radical (unpaired) electrons. The van der Waals surface area contributed by atoms with E-state index in [-0.39, 0.29) is 41.5 Å². The molecule has 1 aromatic heterocycles. The van der Waals surface area contributed by atoms with Crippen LogP contribution in [0.2, 0.25) is 0 Å².